The third-order valence-corrected chi connectivity index (χ3v) is 12.0. The molecule has 1 aromatic rings. The minimum atomic E-state index is -1.23. The van der Waals surface area contributed by atoms with Gasteiger partial charge in [-0.3, -0.25) is 43.2 Å². The van der Waals surface area contributed by atoms with E-state index in [2.05, 4.69) is 37.2 Å². The Morgan fingerprint density at radius 2 is 1.12 bits per heavy atom. The molecule has 20 nitrogen and oxygen atoms in total. The average Bonchev–Trinajstić information content (AvgIpc) is 3.30. The normalized spacial score (nSPS) is 23.5. The van der Waals surface area contributed by atoms with Gasteiger partial charge in [0.05, 0.1) is 12.1 Å². The second kappa shape index (κ2) is 32.5. The van der Waals surface area contributed by atoms with Gasteiger partial charge in [-0.1, -0.05) is 84.2 Å². The Hall–Kier alpha value is -5.31. The van der Waals surface area contributed by atoms with E-state index in [1.54, 1.807) is 30.3 Å². The lowest BCUT2D eigenvalue weighted by Crippen LogP contribution is -2.59. The predicted octanol–water partition coefficient (Wildman–Crippen LogP) is -0.124. The molecule has 0 unspecified atom stereocenters. The van der Waals surface area contributed by atoms with E-state index in [1.807, 2.05) is 34.6 Å². The molecule has 388 valence electrons. The fraction of sp³-hybridized carbons (Fsp3) is 0.694. The lowest BCUT2D eigenvalue weighted by atomic mass is 9.89. The van der Waals surface area contributed by atoms with Crippen molar-refractivity contribution < 1.29 is 43.2 Å². The number of nitrogens with two attached hydrogens (primary N) is 4. The van der Waals surface area contributed by atoms with Crippen molar-refractivity contribution in [3.63, 3.8) is 0 Å². The van der Waals surface area contributed by atoms with Gasteiger partial charge < -0.3 is 60.2 Å². The highest BCUT2D eigenvalue weighted by atomic mass is 16.2. The van der Waals surface area contributed by atoms with Gasteiger partial charge in [0.1, 0.15) is 24.2 Å². The molecule has 8 atom stereocenters. The van der Waals surface area contributed by atoms with Gasteiger partial charge >= 0.3 is 0 Å². The van der Waals surface area contributed by atoms with Gasteiger partial charge in [0.15, 0.2) is 11.6 Å². The highest BCUT2D eigenvalue weighted by Gasteiger charge is 2.36. The van der Waals surface area contributed by atoms with E-state index in [1.165, 1.54) is 0 Å². The van der Waals surface area contributed by atoms with Gasteiger partial charge in [0.2, 0.25) is 41.4 Å². The van der Waals surface area contributed by atoms with Crippen molar-refractivity contribution in [1.29, 1.82) is 0 Å². The summed E-state index contributed by atoms with van der Waals surface area (Å²) in [6.07, 6.45) is 3.05. The molecule has 2 rings (SSSR count). The van der Waals surface area contributed by atoms with Crippen LogP contribution >= 0.6 is 0 Å². The first-order valence-electron chi connectivity index (χ1n) is 24.9. The zero-order chi connectivity index (χ0) is 51.5. The number of carbonyl (C=O) groups is 9. The summed E-state index contributed by atoms with van der Waals surface area (Å²) < 4.78 is 0. The van der Waals surface area contributed by atoms with E-state index in [9.17, 15) is 43.2 Å². The first-order chi connectivity index (χ1) is 32.9. The second-order valence-electron chi connectivity index (χ2n) is 19.0. The van der Waals surface area contributed by atoms with Crippen LogP contribution in [0.2, 0.25) is 0 Å². The van der Waals surface area contributed by atoms with E-state index >= 15 is 0 Å². The monoisotopic (exact) mass is 970 g/mol. The molecular formula is C49H83N11O9. The summed E-state index contributed by atoms with van der Waals surface area (Å²) in [4.78, 5) is 125. The molecular weight excluding hydrogens is 887 g/mol. The first kappa shape index (κ1) is 59.8. The predicted molar refractivity (Wildman–Crippen MR) is 263 cm³/mol. The van der Waals surface area contributed by atoms with Crippen molar-refractivity contribution in [1.82, 2.24) is 37.2 Å². The number of rotatable bonds is 22. The summed E-state index contributed by atoms with van der Waals surface area (Å²) in [6, 6.07) is 1.93. The molecule has 1 heterocycles. The summed E-state index contributed by atoms with van der Waals surface area (Å²) in [5.74, 6) is -7.89. The summed E-state index contributed by atoms with van der Waals surface area (Å²) >= 11 is 0. The maximum atomic E-state index is 14.4. The number of ketones is 2. The topological polar surface area (TPSA) is 342 Å². The molecule has 0 aliphatic carbocycles. The first-order valence-corrected chi connectivity index (χ1v) is 24.9. The largest absolute Gasteiger partial charge is 0.354 e. The van der Waals surface area contributed by atoms with Crippen LogP contribution in [0.1, 0.15) is 124 Å². The van der Waals surface area contributed by atoms with Crippen LogP contribution < -0.4 is 60.2 Å². The Morgan fingerprint density at radius 1 is 0.623 bits per heavy atom. The molecule has 7 amide bonds. The number of carbonyl (C=O) groups excluding carboxylic acids is 9. The zero-order valence-electron chi connectivity index (χ0n) is 41.6. The molecule has 0 saturated carbocycles. The quantitative estimate of drug-likeness (QED) is 0.0676. The molecule has 1 aliphatic heterocycles. The summed E-state index contributed by atoms with van der Waals surface area (Å²) in [5.41, 5.74) is 24.4. The molecule has 1 aromatic carbocycles. The van der Waals surface area contributed by atoms with Crippen LogP contribution in [0, 0.1) is 23.7 Å². The smallest absolute Gasteiger partial charge is 0.243 e. The number of unbranched alkanes of at least 4 members (excludes halogenated alkanes) is 3. The third kappa shape index (κ3) is 22.3. The Labute approximate surface area is 408 Å². The summed E-state index contributed by atoms with van der Waals surface area (Å²) in [6.45, 7) is 8.99. The van der Waals surface area contributed by atoms with Crippen molar-refractivity contribution in [3.05, 3.63) is 35.9 Å². The highest BCUT2D eigenvalue weighted by Crippen LogP contribution is 2.19. The van der Waals surface area contributed by atoms with Crippen molar-refractivity contribution in [3.8, 4) is 0 Å². The number of nitrogens with one attached hydrogen (secondary N) is 7. The third-order valence-electron chi connectivity index (χ3n) is 12.0. The van der Waals surface area contributed by atoms with Crippen LogP contribution in [0.3, 0.4) is 0 Å². The molecule has 0 bridgehead atoms. The van der Waals surface area contributed by atoms with Gasteiger partial charge in [-0.25, -0.2) is 0 Å². The summed E-state index contributed by atoms with van der Waals surface area (Å²) in [7, 11) is 0. The van der Waals surface area contributed by atoms with Crippen LogP contribution in [-0.2, 0) is 49.6 Å². The van der Waals surface area contributed by atoms with Crippen LogP contribution in [0.4, 0.5) is 0 Å². The van der Waals surface area contributed by atoms with Crippen LogP contribution in [0.15, 0.2) is 30.3 Å². The molecule has 0 aromatic heterocycles. The number of hydrogen-bond donors (Lipinski definition) is 11. The Balaban J connectivity index is 2.70. The van der Waals surface area contributed by atoms with Gasteiger partial charge in [-0.05, 0) is 88.4 Å². The SMILES string of the molecule is CCCCCCC(=O)N[C@H](CN)C(=O)C[C@H]1CCNC(=O)[C@H](CC(C)C)NC(=O)[C@H](CCN)NC(=O)[C@H](CCN)NC(=O)[C@H](CC(C)C)NC(=O)[C@@H](Cc2ccccc2)CC(=O)[C@H](CCN)NC1=O. The molecule has 69 heavy (non-hydrogen) atoms. The summed E-state index contributed by atoms with van der Waals surface area (Å²) in [5, 5.41) is 19.2. The van der Waals surface area contributed by atoms with E-state index in [4.69, 9.17) is 22.9 Å². The minimum Gasteiger partial charge on any atom is -0.354 e. The highest BCUT2D eigenvalue weighted by molar-refractivity contribution is 5.98. The van der Waals surface area contributed by atoms with E-state index in [0.717, 1.165) is 24.8 Å². The molecule has 0 radical (unpaired) electrons. The molecule has 1 fully saturated rings. The number of Topliss-reactive ketones (excluding diaryl/α,β-unsaturated/α-hetero) is 2. The lowest BCUT2D eigenvalue weighted by Gasteiger charge is -2.28. The fourth-order valence-electron chi connectivity index (χ4n) is 8.15. The lowest BCUT2D eigenvalue weighted by molar-refractivity contribution is -0.136. The van der Waals surface area contributed by atoms with Gasteiger partial charge in [0, 0.05) is 44.2 Å². The number of benzene rings is 1. The Bertz CT molecular complexity index is 1820. The van der Waals surface area contributed by atoms with Gasteiger partial charge in [-0.15, -0.1) is 0 Å². The van der Waals surface area contributed by atoms with Crippen LogP contribution in [-0.4, -0.2) is 122 Å². The van der Waals surface area contributed by atoms with Crippen LogP contribution in [0.5, 0.6) is 0 Å². The van der Waals surface area contributed by atoms with E-state index in [0.29, 0.717) is 6.42 Å². The molecule has 20 heteroatoms. The van der Waals surface area contributed by atoms with Crippen molar-refractivity contribution in [2.45, 2.75) is 161 Å². The number of amides is 7. The number of hydrogen-bond acceptors (Lipinski definition) is 13. The second-order valence-corrected chi connectivity index (χ2v) is 19.0. The Morgan fingerprint density at radius 3 is 1.65 bits per heavy atom. The van der Waals surface area contributed by atoms with Crippen molar-refractivity contribution >= 4 is 52.9 Å². The standard InChI is InChI=1S/C49H83N11O9/c1-6-7-8-12-15-43(63)55-40(29-53)42(62)27-33-19-23-54-46(66)38(24-30(2)3)60-48(68)37(18-22-52)57-47(67)36(17-21-51)58-49(69)39(25-31(4)5)59-45(65)34(26-32-13-10-9-11-14-32)28-41(61)35(16-20-50)56-44(33)64/h9-11,13-14,30-31,33-40H,6-8,12,15-29,50-53H2,1-5H3,(H,54,66)(H,55,63)(H,56,64)(H,57,67)(H,58,69)(H,59,65)(H,60,68)/t33-,34+,35+,36+,37+,38+,39+,40-/m1/s1. The average molecular weight is 970 g/mol. The molecule has 1 saturated heterocycles. The molecule has 15 N–H and O–H groups in total. The fourth-order valence-corrected chi connectivity index (χ4v) is 8.15. The van der Waals surface area contributed by atoms with E-state index in [-0.39, 0.29) is 108 Å². The molecule has 1 aliphatic rings. The Kier molecular flexibility index (Phi) is 28.2. The maximum absolute atomic E-state index is 14.4. The van der Waals surface area contributed by atoms with Crippen molar-refractivity contribution in [2.75, 3.05) is 32.7 Å². The van der Waals surface area contributed by atoms with Gasteiger partial charge in [0.25, 0.3) is 0 Å². The van der Waals surface area contributed by atoms with Gasteiger partial charge in [-0.2, -0.15) is 0 Å². The maximum Gasteiger partial charge on any atom is 0.243 e. The minimum absolute atomic E-state index is 0.0220. The zero-order valence-corrected chi connectivity index (χ0v) is 41.6. The molecule has 0 spiro atoms. The van der Waals surface area contributed by atoms with E-state index < -0.39 is 102 Å². The van der Waals surface area contributed by atoms with Crippen molar-refractivity contribution in [2.24, 2.45) is 46.6 Å². The van der Waals surface area contributed by atoms with Crippen LogP contribution in [0.25, 0.3) is 0 Å².